The summed E-state index contributed by atoms with van der Waals surface area (Å²) in [6, 6.07) is 20.5. The van der Waals surface area contributed by atoms with Gasteiger partial charge in [-0.2, -0.15) is 0 Å². The third-order valence-electron chi connectivity index (χ3n) is 8.37. The average molecular weight is 726 g/mol. The zero-order valence-corrected chi connectivity index (χ0v) is 30.0. The number of Topliss-reactive ketones (excluding diaryl/α,β-unsaturated/α-hetero) is 1. The highest BCUT2D eigenvalue weighted by Crippen LogP contribution is 2.17. The van der Waals surface area contributed by atoms with Crippen LogP contribution in [0.4, 0.5) is 5.69 Å². The number of carbonyl (C=O) groups excluding carboxylic acids is 3. The van der Waals surface area contributed by atoms with Crippen LogP contribution in [0.2, 0.25) is 0 Å². The number of fused-ring (bicyclic) bond motifs is 3. The molecule has 3 atom stereocenters. The molecule has 2 aromatic carbocycles. The summed E-state index contributed by atoms with van der Waals surface area (Å²) < 4.78 is 18.6. The fraction of sp³-hybridized carbons (Fsp3) is 0.385. The summed E-state index contributed by atoms with van der Waals surface area (Å²) >= 11 is 0. The lowest BCUT2D eigenvalue weighted by Gasteiger charge is -2.24. The Morgan fingerprint density at radius 1 is 0.887 bits per heavy atom. The highest BCUT2D eigenvalue weighted by atomic mass is 16.5. The van der Waals surface area contributed by atoms with Crippen LogP contribution in [0.1, 0.15) is 49.2 Å². The molecule has 0 saturated heterocycles. The molecule has 0 spiro atoms. The van der Waals surface area contributed by atoms with Gasteiger partial charge in [-0.05, 0) is 55.0 Å². The maximum atomic E-state index is 13.0. The number of anilines is 1. The van der Waals surface area contributed by atoms with Crippen LogP contribution in [0.5, 0.6) is 5.88 Å². The Bertz CT molecular complexity index is 1940. The topological polar surface area (TPSA) is 192 Å². The monoisotopic (exact) mass is 725 g/mol. The van der Waals surface area contributed by atoms with Gasteiger partial charge < -0.3 is 35.7 Å². The van der Waals surface area contributed by atoms with E-state index in [0.717, 1.165) is 16.6 Å². The van der Waals surface area contributed by atoms with Crippen molar-refractivity contribution in [3.8, 4) is 5.88 Å². The molecule has 5 rings (SSSR count). The van der Waals surface area contributed by atoms with Crippen molar-refractivity contribution in [2.24, 2.45) is 11.7 Å². The normalized spacial score (nSPS) is 13.2. The van der Waals surface area contributed by atoms with E-state index < -0.39 is 24.1 Å². The first kappa shape index (κ1) is 38.9. The van der Waals surface area contributed by atoms with Crippen LogP contribution in [0.3, 0.4) is 0 Å². The number of rotatable bonds is 21. The molecule has 280 valence electrons. The van der Waals surface area contributed by atoms with E-state index in [0.29, 0.717) is 63.0 Å². The minimum absolute atomic E-state index is 0.116. The van der Waals surface area contributed by atoms with E-state index >= 15 is 0 Å². The Labute approximate surface area is 308 Å². The van der Waals surface area contributed by atoms with Crippen molar-refractivity contribution in [3.63, 3.8) is 0 Å². The van der Waals surface area contributed by atoms with E-state index in [4.69, 9.17) is 19.9 Å². The van der Waals surface area contributed by atoms with Gasteiger partial charge in [0.2, 0.25) is 11.7 Å². The molecule has 3 heterocycles. The summed E-state index contributed by atoms with van der Waals surface area (Å²) in [6.07, 6.45) is 3.34. The molecule has 53 heavy (non-hydrogen) atoms. The Morgan fingerprint density at radius 3 is 2.38 bits per heavy atom. The van der Waals surface area contributed by atoms with Crippen LogP contribution < -0.4 is 21.1 Å². The van der Waals surface area contributed by atoms with Crippen LogP contribution in [0, 0.1) is 5.92 Å². The number of aromatic nitrogens is 4. The summed E-state index contributed by atoms with van der Waals surface area (Å²) in [5, 5.41) is 16.0. The van der Waals surface area contributed by atoms with E-state index in [1.165, 1.54) is 6.20 Å². The molecule has 0 bridgehead atoms. The minimum atomic E-state index is -1.43. The predicted octanol–water partition coefficient (Wildman–Crippen LogP) is 3.75. The SMILES string of the molecule is CC(C)C[C@H](NC(=O)[C@@H](O)[C@H](N)Cc1ccccc1)C(=O)CCCOCCOCCOc1ccc(NC(=O)c2ccn3c(n2)nc2ccccc23)cn1. The first-order chi connectivity index (χ1) is 25.7. The van der Waals surface area contributed by atoms with E-state index in [9.17, 15) is 19.5 Å². The number of aliphatic hydroxyl groups excluding tert-OH is 1. The summed E-state index contributed by atoms with van der Waals surface area (Å²) in [6.45, 7) is 5.57. The van der Waals surface area contributed by atoms with Crippen molar-refractivity contribution < 1.29 is 33.7 Å². The average Bonchev–Trinajstić information content (AvgIpc) is 3.53. The largest absolute Gasteiger partial charge is 0.475 e. The zero-order chi connectivity index (χ0) is 37.6. The predicted molar refractivity (Wildman–Crippen MR) is 200 cm³/mol. The number of aliphatic hydroxyl groups is 1. The number of amides is 2. The molecular weight excluding hydrogens is 678 g/mol. The van der Waals surface area contributed by atoms with E-state index in [-0.39, 0.29) is 36.3 Å². The van der Waals surface area contributed by atoms with Gasteiger partial charge in [0.1, 0.15) is 18.4 Å². The number of ketones is 1. The number of imidazole rings is 1. The molecule has 0 saturated carbocycles. The number of ether oxygens (including phenoxy) is 3. The molecule has 2 amide bonds. The van der Waals surface area contributed by atoms with Gasteiger partial charge in [-0.3, -0.25) is 18.8 Å². The Hall–Kier alpha value is -5.28. The number of nitrogens with zero attached hydrogens (tertiary/aromatic N) is 4. The second kappa shape index (κ2) is 19.5. The molecule has 0 aliphatic rings. The highest BCUT2D eigenvalue weighted by molar-refractivity contribution is 6.03. The number of para-hydroxylation sites is 2. The van der Waals surface area contributed by atoms with E-state index in [1.54, 1.807) is 24.4 Å². The lowest BCUT2D eigenvalue weighted by atomic mass is 9.96. The fourth-order valence-electron chi connectivity index (χ4n) is 5.65. The number of pyridine rings is 1. The van der Waals surface area contributed by atoms with Gasteiger partial charge >= 0.3 is 0 Å². The Kier molecular flexibility index (Phi) is 14.3. The van der Waals surface area contributed by atoms with Crippen molar-refractivity contribution in [3.05, 3.63) is 96.4 Å². The van der Waals surface area contributed by atoms with Crippen molar-refractivity contribution in [1.82, 2.24) is 24.7 Å². The molecule has 0 aliphatic carbocycles. The summed E-state index contributed by atoms with van der Waals surface area (Å²) in [4.78, 5) is 51.6. The smallest absolute Gasteiger partial charge is 0.274 e. The van der Waals surface area contributed by atoms with Crippen LogP contribution in [-0.2, 0) is 25.5 Å². The summed E-state index contributed by atoms with van der Waals surface area (Å²) in [7, 11) is 0. The van der Waals surface area contributed by atoms with Gasteiger partial charge in [0.05, 0.1) is 48.8 Å². The quantitative estimate of drug-likeness (QED) is 0.0806. The molecule has 0 fully saturated rings. The summed E-state index contributed by atoms with van der Waals surface area (Å²) in [5.41, 5.74) is 9.45. The van der Waals surface area contributed by atoms with E-state index in [2.05, 4.69) is 25.6 Å². The number of nitrogens with one attached hydrogen (secondary N) is 2. The lowest BCUT2D eigenvalue weighted by Crippen LogP contribution is -2.52. The van der Waals surface area contributed by atoms with Gasteiger partial charge in [-0.25, -0.2) is 15.0 Å². The Morgan fingerprint density at radius 2 is 1.62 bits per heavy atom. The van der Waals surface area contributed by atoms with Crippen molar-refractivity contribution >= 4 is 40.1 Å². The lowest BCUT2D eigenvalue weighted by molar-refractivity contribution is -0.134. The standard InChI is InChI=1S/C39H47N7O7/c1-26(2)23-32(43-38(50)36(48)29(40)24-27-9-4-3-5-10-27)34(47)13-8-18-51-19-20-52-21-22-53-35-15-14-28(25-41-35)42-37(49)31-16-17-46-33-12-7-6-11-30(33)44-39(46)45-31/h3-7,9-12,14-17,25-26,29,32,36,48H,8,13,18-24,40H2,1-2H3,(H,42,49)(H,43,50)/t29-,32+,36+/m1/s1. The first-order valence-corrected chi connectivity index (χ1v) is 17.8. The number of hydrogen-bond donors (Lipinski definition) is 4. The number of hydrogen-bond acceptors (Lipinski definition) is 11. The third-order valence-corrected chi connectivity index (χ3v) is 8.37. The van der Waals surface area contributed by atoms with Gasteiger partial charge in [0.15, 0.2) is 5.78 Å². The van der Waals surface area contributed by atoms with Crippen LogP contribution in [-0.4, -0.2) is 93.3 Å². The molecule has 14 heteroatoms. The molecular formula is C39H47N7O7. The van der Waals surface area contributed by atoms with Crippen molar-refractivity contribution in [2.45, 2.75) is 57.7 Å². The molecule has 0 unspecified atom stereocenters. The molecule has 5 N–H and O–H groups in total. The number of carbonyl (C=O) groups is 3. The van der Waals surface area contributed by atoms with Crippen LogP contribution in [0.25, 0.3) is 16.8 Å². The highest BCUT2D eigenvalue weighted by Gasteiger charge is 2.28. The first-order valence-electron chi connectivity index (χ1n) is 17.8. The van der Waals surface area contributed by atoms with Gasteiger partial charge in [0, 0.05) is 31.3 Å². The molecule has 5 aromatic rings. The van der Waals surface area contributed by atoms with Gasteiger partial charge in [-0.1, -0.05) is 56.3 Å². The second-order valence-electron chi connectivity index (χ2n) is 13.1. The van der Waals surface area contributed by atoms with Crippen LogP contribution >= 0.6 is 0 Å². The minimum Gasteiger partial charge on any atom is -0.475 e. The van der Waals surface area contributed by atoms with Gasteiger partial charge in [-0.15, -0.1) is 0 Å². The number of benzene rings is 2. The van der Waals surface area contributed by atoms with Crippen molar-refractivity contribution in [1.29, 1.82) is 0 Å². The van der Waals surface area contributed by atoms with Crippen LogP contribution in [0.15, 0.2) is 85.2 Å². The Balaban J connectivity index is 0.926. The third kappa shape index (κ3) is 11.6. The molecule has 0 radical (unpaired) electrons. The summed E-state index contributed by atoms with van der Waals surface area (Å²) in [5.74, 6) is -0.158. The van der Waals surface area contributed by atoms with Gasteiger partial charge in [0.25, 0.3) is 11.8 Å². The van der Waals surface area contributed by atoms with E-state index in [1.807, 2.05) is 72.8 Å². The zero-order valence-electron chi connectivity index (χ0n) is 30.0. The fourth-order valence-corrected chi connectivity index (χ4v) is 5.65. The maximum Gasteiger partial charge on any atom is 0.274 e. The molecule has 3 aromatic heterocycles. The molecule has 14 nitrogen and oxygen atoms in total. The number of nitrogens with two attached hydrogens (primary N) is 1. The van der Waals surface area contributed by atoms with Crippen molar-refractivity contribution in [2.75, 3.05) is 38.4 Å². The molecule has 0 aliphatic heterocycles. The maximum absolute atomic E-state index is 13.0. The second-order valence-corrected chi connectivity index (χ2v) is 13.1.